The Balaban J connectivity index is 0.0000000987. The lowest BCUT2D eigenvalue weighted by Crippen LogP contribution is -2.64. The molecular weight excluding hydrogens is 1040 g/mol. The second-order valence-corrected chi connectivity index (χ2v) is 24.0. The zero-order valence-corrected chi connectivity index (χ0v) is 46.8. The molecule has 0 amide bonds. The van der Waals surface area contributed by atoms with Crippen LogP contribution in [-0.2, 0) is 53.7 Å². The van der Waals surface area contributed by atoms with Crippen molar-refractivity contribution >= 4 is 67.9 Å². The molecular formula is C69H64N4O10. The Morgan fingerprint density at radius 3 is 2.02 bits per heavy atom. The molecule has 83 heavy (non-hydrogen) atoms. The molecule has 1 spiro atoms. The minimum absolute atomic E-state index is 0.128. The number of hydrogen-bond donors (Lipinski definition) is 5. The molecule has 5 heterocycles. The number of allylic oxidation sites excluding steroid dienone is 2. The van der Waals surface area contributed by atoms with Gasteiger partial charge in [-0.25, -0.2) is 0 Å². The van der Waals surface area contributed by atoms with E-state index in [1.54, 1.807) is 12.1 Å². The molecule has 7 aromatic carbocycles. The minimum atomic E-state index is -0.662. The third kappa shape index (κ3) is 7.90. The Morgan fingerprint density at radius 1 is 0.627 bits per heavy atom. The van der Waals surface area contributed by atoms with Crippen molar-refractivity contribution < 1.29 is 49.4 Å². The van der Waals surface area contributed by atoms with E-state index in [0.29, 0.717) is 46.0 Å². The predicted molar refractivity (Wildman–Crippen MR) is 320 cm³/mol. The van der Waals surface area contributed by atoms with Gasteiger partial charge in [-0.15, -0.1) is 0 Å². The molecule has 2 bridgehead atoms. The summed E-state index contributed by atoms with van der Waals surface area (Å²) in [6.07, 6.45) is 13.2. The van der Waals surface area contributed by atoms with Crippen LogP contribution in [0.2, 0.25) is 0 Å². The number of anilines is 2. The van der Waals surface area contributed by atoms with Crippen molar-refractivity contribution in [1.82, 2.24) is 9.80 Å². The first kappa shape index (κ1) is 52.7. The number of likely N-dealkylation sites (tertiary alicyclic amines) is 1. The number of aromatic hydroxyl groups is 2. The first-order valence-electron chi connectivity index (χ1n) is 28.8. The number of carbonyl (C=O) groups excluding carboxylic acids is 4. The average molecular weight is 1110 g/mol. The van der Waals surface area contributed by atoms with Gasteiger partial charge in [0.05, 0.1) is 6.61 Å². The number of ketones is 4. The van der Waals surface area contributed by atoms with Crippen LogP contribution in [0.1, 0.15) is 88.8 Å². The third-order valence-electron chi connectivity index (χ3n) is 19.7. The summed E-state index contributed by atoms with van der Waals surface area (Å²) in [5, 5.41) is 54.5. The molecule has 0 aromatic heterocycles. The number of Topliss-reactive ketones (excluding diaryl/α,β-unsaturated/α-hetero) is 2. The van der Waals surface area contributed by atoms with Crippen molar-refractivity contribution in [1.29, 1.82) is 0 Å². The lowest BCUT2D eigenvalue weighted by Gasteiger charge is -2.56. The lowest BCUT2D eigenvalue weighted by atomic mass is 9.53. The maximum absolute atomic E-state index is 12.3. The van der Waals surface area contributed by atoms with Crippen molar-refractivity contribution in [2.24, 2.45) is 5.92 Å². The van der Waals surface area contributed by atoms with Gasteiger partial charge >= 0.3 is 0 Å². The average Bonchev–Trinajstić information content (AvgIpc) is 1.73. The molecule has 17 rings (SSSR count). The molecule has 5 N–H and O–H groups in total. The number of fused-ring (bicyclic) bond motifs is 6. The molecule has 10 aliphatic rings. The van der Waals surface area contributed by atoms with Crippen LogP contribution < -0.4 is 14.5 Å². The number of phenolic OH excluding ortho intramolecular Hbond substituents is 1. The van der Waals surface area contributed by atoms with Gasteiger partial charge in [-0.3, -0.25) is 24.1 Å². The Hall–Kier alpha value is -8.40. The fraction of sp³-hybridized carbons (Fsp3) is 0.304. The normalized spacial score (nSPS) is 24.2. The second-order valence-electron chi connectivity index (χ2n) is 24.0. The van der Waals surface area contributed by atoms with E-state index in [1.165, 1.54) is 45.0 Å². The van der Waals surface area contributed by atoms with Crippen LogP contribution in [0.15, 0.2) is 115 Å². The van der Waals surface area contributed by atoms with Crippen LogP contribution >= 0.6 is 0 Å². The maximum Gasteiger partial charge on any atom is 0.234 e. The Kier molecular flexibility index (Phi) is 12.5. The summed E-state index contributed by atoms with van der Waals surface area (Å²) in [5.74, 6) is -0.715. The number of benzene rings is 7. The van der Waals surface area contributed by atoms with Gasteiger partial charge in [-0.2, -0.15) is 0 Å². The lowest BCUT2D eigenvalue weighted by molar-refractivity contribution is -0.111. The first-order valence-corrected chi connectivity index (χ1v) is 28.8. The molecule has 5 aliphatic carbocycles. The number of ether oxygens (including phenoxy) is 1. The van der Waals surface area contributed by atoms with Gasteiger partial charge < -0.3 is 45.0 Å². The quantitative estimate of drug-likeness (QED) is 0.0773. The highest BCUT2D eigenvalue weighted by Crippen LogP contribution is 2.62. The smallest absolute Gasteiger partial charge is 0.234 e. The largest absolute Gasteiger partial charge is 0.507 e. The molecule has 14 heteroatoms. The number of aliphatic hydroxyl groups is 3. The van der Waals surface area contributed by atoms with Crippen LogP contribution in [-0.4, -0.2) is 131 Å². The molecule has 6 atom stereocenters. The number of likely N-dealkylation sites (N-methyl/N-ethyl adjacent to an activating group) is 4. The van der Waals surface area contributed by atoms with Gasteiger partial charge in [0.15, 0.2) is 11.5 Å². The van der Waals surface area contributed by atoms with Crippen LogP contribution in [0.3, 0.4) is 0 Å². The highest BCUT2D eigenvalue weighted by Gasteiger charge is 2.64. The first-order chi connectivity index (χ1) is 40.1. The summed E-state index contributed by atoms with van der Waals surface area (Å²) in [6.45, 7) is 3.83. The minimum Gasteiger partial charge on any atom is -0.507 e. The topological polar surface area (TPSA) is 192 Å². The van der Waals surface area contributed by atoms with E-state index >= 15 is 0 Å². The highest BCUT2D eigenvalue weighted by atomic mass is 16.5. The van der Waals surface area contributed by atoms with Crippen LogP contribution in [0.5, 0.6) is 17.2 Å². The molecule has 0 saturated carbocycles. The SMILES string of the molecule is CN1CCC23c4c5ccc(O)c4OC2C(O)C=CC3C1C5.CN1CCc2cccc3c2C1Cc1ccc(CO)c(O)c1-3.CN1CCc2cccc3c4c(cc1c23)C(O)=CC(=O)C4=O.CN1CCc2cccc3c4c(cc1c23)C=CC(=O)C4=O. The zero-order chi connectivity index (χ0) is 57.5. The number of nitrogens with zero attached hydrogens (tertiary/aromatic N) is 4. The third-order valence-corrected chi connectivity index (χ3v) is 19.7. The number of phenols is 2. The molecule has 6 unspecified atom stereocenters. The van der Waals surface area contributed by atoms with Gasteiger partial charge in [0.1, 0.15) is 23.7 Å². The highest BCUT2D eigenvalue weighted by molar-refractivity contribution is 6.53. The number of carbonyl (C=O) groups is 4. The van der Waals surface area contributed by atoms with E-state index in [9.17, 15) is 44.7 Å². The Morgan fingerprint density at radius 2 is 1.29 bits per heavy atom. The van der Waals surface area contributed by atoms with E-state index in [2.05, 4.69) is 83.2 Å². The van der Waals surface area contributed by atoms with Crippen LogP contribution in [0, 0.1) is 5.92 Å². The van der Waals surface area contributed by atoms with E-state index in [0.717, 1.165) is 120 Å². The van der Waals surface area contributed by atoms with Gasteiger partial charge in [-0.1, -0.05) is 91.0 Å². The number of rotatable bonds is 1. The fourth-order valence-electron chi connectivity index (χ4n) is 15.6. The molecule has 1 fully saturated rings. The number of piperidine rings is 1. The standard InChI is InChI=1S/C18H19NO2.C17H19NO3.C17H13NO3.C17H13NO2/c1-19-8-7-11-3-2-4-14-16(11)15(19)9-12-5-6-13(10-20)18(21)17(12)14;1-18-7-6-17-10-3-5-13(20)16(17)21-15-12(19)4-2-9(14(15)17)8-11(10)18;1-18-6-5-9-3-2-4-10-15(9)12(18)7-11-13(19)8-14(20)17(21)16(10)11;1-18-8-7-10-3-2-4-12-15(10)13(18)9-11-5-6-14(19)17(20)16(11)12/h2-6,15,20-21H,7-10H2,1H3;2-5,10-11,13,16,19-20H,6-8H2,1H3;2-4,7-8,19H,5-6H2,1H3;2-6,9H,7-8H2,1H3. The maximum atomic E-state index is 12.3. The molecule has 7 aromatic rings. The van der Waals surface area contributed by atoms with E-state index in [4.69, 9.17) is 4.74 Å². The number of aliphatic hydroxyl groups excluding tert-OH is 3. The van der Waals surface area contributed by atoms with Crippen molar-refractivity contribution in [3.63, 3.8) is 0 Å². The summed E-state index contributed by atoms with van der Waals surface area (Å²) >= 11 is 0. The van der Waals surface area contributed by atoms with E-state index in [-0.39, 0.29) is 41.2 Å². The summed E-state index contributed by atoms with van der Waals surface area (Å²) in [7, 11) is 8.43. The monoisotopic (exact) mass is 1110 g/mol. The second kappa shape index (κ2) is 19.6. The Labute approximate surface area is 480 Å². The van der Waals surface area contributed by atoms with Crippen molar-refractivity contribution in [3.8, 4) is 28.4 Å². The van der Waals surface area contributed by atoms with Crippen molar-refractivity contribution in [3.05, 3.63) is 182 Å². The van der Waals surface area contributed by atoms with Crippen molar-refractivity contribution in [2.45, 2.75) is 74.8 Å². The van der Waals surface area contributed by atoms with Gasteiger partial charge in [0.25, 0.3) is 0 Å². The van der Waals surface area contributed by atoms with E-state index in [1.807, 2.05) is 61.7 Å². The van der Waals surface area contributed by atoms with Crippen molar-refractivity contribution in [2.75, 3.05) is 64.2 Å². The van der Waals surface area contributed by atoms with Gasteiger partial charge in [0, 0.05) is 119 Å². The summed E-state index contributed by atoms with van der Waals surface area (Å²) in [6, 6.07) is 30.6. The predicted octanol–water partition coefficient (Wildman–Crippen LogP) is 8.94. The summed E-state index contributed by atoms with van der Waals surface area (Å²) in [4.78, 5) is 57.1. The molecule has 5 aliphatic heterocycles. The van der Waals surface area contributed by atoms with Gasteiger partial charge in [0.2, 0.25) is 23.1 Å². The number of hydrogen-bond acceptors (Lipinski definition) is 14. The van der Waals surface area contributed by atoms with Crippen LogP contribution in [0.25, 0.3) is 44.5 Å². The fourth-order valence-corrected chi connectivity index (χ4v) is 15.6. The Bertz CT molecular complexity index is 4120. The summed E-state index contributed by atoms with van der Waals surface area (Å²) < 4.78 is 6.09. The van der Waals surface area contributed by atoms with Gasteiger partial charge in [-0.05, 0) is 139 Å². The molecule has 1 saturated heterocycles. The molecule has 420 valence electrons. The molecule has 0 radical (unpaired) electrons. The van der Waals surface area contributed by atoms with Crippen LogP contribution in [0.4, 0.5) is 11.4 Å². The zero-order valence-electron chi connectivity index (χ0n) is 46.8. The summed E-state index contributed by atoms with van der Waals surface area (Å²) in [5.41, 5.74) is 15.7. The molecule has 14 nitrogen and oxygen atoms in total. The van der Waals surface area contributed by atoms with E-state index < -0.39 is 23.5 Å².